The fraction of sp³-hybridized carbons (Fsp3) is 0.889. The highest BCUT2D eigenvalue weighted by molar-refractivity contribution is 5.82. The average molecular weight is 153 g/mol. The summed E-state index contributed by atoms with van der Waals surface area (Å²) in [5, 5.41) is 3.28. The molecule has 0 aromatic heterocycles. The smallest absolute Gasteiger partial charge is 0.138 e. The van der Waals surface area contributed by atoms with E-state index in [0.717, 1.165) is 31.8 Å². The number of Topliss-reactive ketones (excluding diaryl/α,β-unsaturated/α-hetero) is 1. The largest absolute Gasteiger partial charge is 0.316 e. The third-order valence-electron chi connectivity index (χ3n) is 2.71. The lowest BCUT2D eigenvalue weighted by atomic mass is 9.93. The molecule has 0 aromatic carbocycles. The third kappa shape index (κ3) is 1.80. The van der Waals surface area contributed by atoms with E-state index in [0.29, 0.717) is 11.7 Å². The van der Waals surface area contributed by atoms with Crippen molar-refractivity contribution in [1.29, 1.82) is 0 Å². The van der Waals surface area contributed by atoms with Gasteiger partial charge in [0.2, 0.25) is 0 Å². The van der Waals surface area contributed by atoms with Gasteiger partial charge in [-0.2, -0.15) is 0 Å². The number of hydrogen-bond donors (Lipinski definition) is 1. The van der Waals surface area contributed by atoms with E-state index in [4.69, 9.17) is 0 Å². The van der Waals surface area contributed by atoms with Crippen molar-refractivity contribution in [3.05, 3.63) is 0 Å². The van der Waals surface area contributed by atoms with Crippen LogP contribution in [0.3, 0.4) is 0 Å². The van der Waals surface area contributed by atoms with Crippen LogP contribution in [0.4, 0.5) is 0 Å². The lowest BCUT2D eigenvalue weighted by Crippen LogP contribution is -2.37. The zero-order valence-corrected chi connectivity index (χ0v) is 6.81. The minimum absolute atomic E-state index is 0.358. The molecule has 0 spiro atoms. The Morgan fingerprint density at radius 1 is 1.45 bits per heavy atom. The Bertz CT molecular complexity index is 163. The minimum atomic E-state index is 0.358. The Kier molecular flexibility index (Phi) is 1.95. The van der Waals surface area contributed by atoms with Crippen LogP contribution in [0, 0.1) is 11.8 Å². The van der Waals surface area contributed by atoms with Gasteiger partial charge in [-0.3, -0.25) is 4.79 Å². The zero-order valence-electron chi connectivity index (χ0n) is 6.81. The van der Waals surface area contributed by atoms with Crippen molar-refractivity contribution in [3.63, 3.8) is 0 Å². The number of ketones is 1. The molecule has 1 atom stereocenters. The van der Waals surface area contributed by atoms with Crippen molar-refractivity contribution >= 4 is 5.78 Å². The summed E-state index contributed by atoms with van der Waals surface area (Å²) in [4.78, 5) is 11.3. The van der Waals surface area contributed by atoms with Crippen LogP contribution in [0.5, 0.6) is 0 Å². The van der Waals surface area contributed by atoms with Gasteiger partial charge in [-0.05, 0) is 12.3 Å². The van der Waals surface area contributed by atoms with Crippen LogP contribution >= 0.6 is 0 Å². The second-order valence-corrected chi connectivity index (χ2v) is 3.80. The van der Waals surface area contributed by atoms with Crippen molar-refractivity contribution in [2.75, 3.05) is 13.1 Å². The summed E-state index contributed by atoms with van der Waals surface area (Å²) in [6, 6.07) is 0. The minimum Gasteiger partial charge on any atom is -0.316 e. The molecule has 1 aliphatic carbocycles. The van der Waals surface area contributed by atoms with E-state index >= 15 is 0 Å². The van der Waals surface area contributed by atoms with Gasteiger partial charge in [0, 0.05) is 25.4 Å². The molecule has 1 N–H and O–H groups in total. The van der Waals surface area contributed by atoms with Crippen molar-refractivity contribution in [2.45, 2.75) is 25.7 Å². The van der Waals surface area contributed by atoms with Crippen LogP contribution in [0.2, 0.25) is 0 Å². The number of carbonyl (C=O) groups is 1. The molecule has 11 heavy (non-hydrogen) atoms. The van der Waals surface area contributed by atoms with Crippen LogP contribution in [0.15, 0.2) is 0 Å². The van der Waals surface area contributed by atoms with Gasteiger partial charge in [-0.1, -0.05) is 12.8 Å². The van der Waals surface area contributed by atoms with Crippen LogP contribution in [0.25, 0.3) is 0 Å². The monoisotopic (exact) mass is 153 g/mol. The van der Waals surface area contributed by atoms with Gasteiger partial charge < -0.3 is 5.32 Å². The number of piperidine rings is 1. The maximum atomic E-state index is 11.3. The number of hydrogen-bond acceptors (Lipinski definition) is 2. The quantitative estimate of drug-likeness (QED) is 0.640. The number of carbonyl (C=O) groups excluding carboxylic acids is 1. The molecule has 62 valence electrons. The normalized spacial score (nSPS) is 32.4. The average Bonchev–Trinajstić information content (AvgIpc) is 2.78. The molecule has 0 aromatic rings. The molecule has 1 saturated carbocycles. The molecule has 0 radical (unpaired) electrons. The lowest BCUT2D eigenvalue weighted by Gasteiger charge is -2.21. The first-order valence-electron chi connectivity index (χ1n) is 4.59. The summed E-state index contributed by atoms with van der Waals surface area (Å²) in [5.74, 6) is 1.75. The van der Waals surface area contributed by atoms with Crippen molar-refractivity contribution < 1.29 is 4.79 Å². The highest BCUT2D eigenvalue weighted by Gasteiger charge is 2.30. The first-order chi connectivity index (χ1) is 5.36. The van der Waals surface area contributed by atoms with Crippen molar-refractivity contribution in [1.82, 2.24) is 5.32 Å². The van der Waals surface area contributed by atoms with E-state index in [-0.39, 0.29) is 0 Å². The summed E-state index contributed by atoms with van der Waals surface area (Å²) in [6.07, 6.45) is 4.65. The maximum Gasteiger partial charge on any atom is 0.138 e. The third-order valence-corrected chi connectivity index (χ3v) is 2.71. The molecule has 1 saturated heterocycles. The van der Waals surface area contributed by atoms with Crippen LogP contribution in [0.1, 0.15) is 25.7 Å². The molecule has 0 bridgehead atoms. The Hall–Kier alpha value is -0.370. The van der Waals surface area contributed by atoms with E-state index < -0.39 is 0 Å². The van der Waals surface area contributed by atoms with Crippen LogP contribution in [-0.2, 0) is 4.79 Å². The molecule has 2 fully saturated rings. The highest BCUT2D eigenvalue weighted by Crippen LogP contribution is 2.35. The first kappa shape index (κ1) is 7.29. The first-order valence-corrected chi connectivity index (χ1v) is 4.59. The van der Waals surface area contributed by atoms with Crippen molar-refractivity contribution in [2.24, 2.45) is 11.8 Å². The number of nitrogens with one attached hydrogen (secondary N) is 1. The molecule has 1 heterocycles. The van der Waals surface area contributed by atoms with Crippen LogP contribution < -0.4 is 5.32 Å². The topological polar surface area (TPSA) is 29.1 Å². The SMILES string of the molecule is O=C1CCNC[C@@H]1CC1CC1. The van der Waals surface area contributed by atoms with E-state index in [1.807, 2.05) is 0 Å². The molecular formula is C9H15NO. The molecular weight excluding hydrogens is 138 g/mol. The van der Waals surface area contributed by atoms with Gasteiger partial charge in [-0.15, -0.1) is 0 Å². The molecule has 2 rings (SSSR count). The Labute approximate surface area is 67.4 Å². The Morgan fingerprint density at radius 2 is 2.27 bits per heavy atom. The molecule has 2 heteroatoms. The fourth-order valence-electron chi connectivity index (χ4n) is 1.78. The van der Waals surface area contributed by atoms with E-state index in [1.54, 1.807) is 0 Å². The second kappa shape index (κ2) is 2.94. The van der Waals surface area contributed by atoms with Crippen LogP contribution in [-0.4, -0.2) is 18.9 Å². The van der Waals surface area contributed by atoms with Gasteiger partial charge in [0.05, 0.1) is 0 Å². The van der Waals surface area contributed by atoms with Gasteiger partial charge in [0.25, 0.3) is 0 Å². The van der Waals surface area contributed by atoms with E-state index in [2.05, 4.69) is 5.32 Å². The second-order valence-electron chi connectivity index (χ2n) is 3.80. The summed E-state index contributed by atoms with van der Waals surface area (Å²) in [7, 11) is 0. The zero-order chi connectivity index (χ0) is 7.68. The molecule has 0 unspecified atom stereocenters. The maximum absolute atomic E-state index is 11.3. The predicted molar refractivity (Wildman–Crippen MR) is 43.3 cm³/mol. The molecule has 1 aliphatic heterocycles. The molecule has 2 nitrogen and oxygen atoms in total. The standard InChI is InChI=1S/C9H15NO/c11-9-3-4-10-6-8(9)5-7-1-2-7/h7-8,10H,1-6H2/t8-/m0/s1. The van der Waals surface area contributed by atoms with Gasteiger partial charge in [0.1, 0.15) is 5.78 Å². The van der Waals surface area contributed by atoms with E-state index in [9.17, 15) is 4.79 Å². The Morgan fingerprint density at radius 3 is 2.91 bits per heavy atom. The van der Waals surface area contributed by atoms with Gasteiger partial charge >= 0.3 is 0 Å². The molecule has 2 aliphatic rings. The predicted octanol–water partition coefficient (Wildman–Crippen LogP) is 0.965. The highest BCUT2D eigenvalue weighted by atomic mass is 16.1. The van der Waals surface area contributed by atoms with Crippen molar-refractivity contribution in [3.8, 4) is 0 Å². The summed E-state index contributed by atoms with van der Waals surface area (Å²) >= 11 is 0. The van der Waals surface area contributed by atoms with E-state index in [1.165, 1.54) is 12.8 Å². The Balaban J connectivity index is 1.83. The van der Waals surface area contributed by atoms with Gasteiger partial charge in [0.15, 0.2) is 0 Å². The summed E-state index contributed by atoms with van der Waals surface area (Å²) in [6.45, 7) is 1.84. The summed E-state index contributed by atoms with van der Waals surface area (Å²) < 4.78 is 0. The lowest BCUT2D eigenvalue weighted by molar-refractivity contribution is -0.124. The fourth-order valence-corrected chi connectivity index (χ4v) is 1.78. The number of rotatable bonds is 2. The summed E-state index contributed by atoms with van der Waals surface area (Å²) in [5.41, 5.74) is 0. The molecule has 0 amide bonds. The van der Waals surface area contributed by atoms with Gasteiger partial charge in [-0.25, -0.2) is 0 Å².